The third-order valence-electron chi connectivity index (χ3n) is 4.05. The van der Waals surface area contributed by atoms with Crippen LogP contribution in [0.2, 0.25) is 0 Å². The van der Waals surface area contributed by atoms with Gasteiger partial charge in [0.2, 0.25) is 0 Å². The van der Waals surface area contributed by atoms with E-state index in [1.54, 1.807) is 18.1 Å². The highest BCUT2D eigenvalue weighted by molar-refractivity contribution is 5.93. The van der Waals surface area contributed by atoms with Crippen LogP contribution in [0.1, 0.15) is 23.3 Å². The molecule has 6 nitrogen and oxygen atoms in total. The van der Waals surface area contributed by atoms with Gasteiger partial charge in [-0.1, -0.05) is 17.3 Å². The number of amides is 1. The van der Waals surface area contributed by atoms with E-state index in [0.29, 0.717) is 43.1 Å². The first-order valence-electron chi connectivity index (χ1n) is 7.51. The maximum Gasteiger partial charge on any atom is 0.276 e. The van der Waals surface area contributed by atoms with Gasteiger partial charge in [-0.05, 0) is 25.0 Å². The third-order valence-corrected chi connectivity index (χ3v) is 4.05. The summed E-state index contributed by atoms with van der Waals surface area (Å²) in [6, 6.07) is 11.3. The average Bonchev–Trinajstić information content (AvgIpc) is 3.11. The van der Waals surface area contributed by atoms with Crippen molar-refractivity contribution in [3.8, 4) is 23.1 Å². The maximum atomic E-state index is 12.5. The standard InChI is InChI=1S/C17H17N3O3/c1-22-14-4-2-3-13(9-14)16-10-15(19-23-16)17(21)20-7-5-12(11-18)6-8-20/h2-4,9-10,12H,5-8H2,1H3. The monoisotopic (exact) mass is 311 g/mol. The second-order valence-corrected chi connectivity index (χ2v) is 5.50. The molecule has 1 amide bonds. The molecule has 2 heterocycles. The summed E-state index contributed by atoms with van der Waals surface area (Å²) in [6.07, 6.45) is 1.42. The van der Waals surface area contributed by atoms with Gasteiger partial charge in [-0.25, -0.2) is 0 Å². The maximum absolute atomic E-state index is 12.5. The summed E-state index contributed by atoms with van der Waals surface area (Å²) in [6.45, 7) is 1.16. The number of nitrogens with zero attached hydrogens (tertiary/aromatic N) is 3. The summed E-state index contributed by atoms with van der Waals surface area (Å²) >= 11 is 0. The molecule has 0 saturated carbocycles. The van der Waals surface area contributed by atoms with Crippen molar-refractivity contribution >= 4 is 5.91 Å². The summed E-state index contributed by atoms with van der Waals surface area (Å²) in [5.41, 5.74) is 1.09. The second-order valence-electron chi connectivity index (χ2n) is 5.50. The van der Waals surface area contributed by atoms with Crippen LogP contribution in [0, 0.1) is 17.2 Å². The summed E-state index contributed by atoms with van der Waals surface area (Å²) in [5.74, 6) is 1.13. The summed E-state index contributed by atoms with van der Waals surface area (Å²) < 4.78 is 10.5. The molecule has 118 valence electrons. The zero-order valence-corrected chi connectivity index (χ0v) is 12.9. The van der Waals surface area contributed by atoms with Gasteiger partial charge < -0.3 is 14.2 Å². The van der Waals surface area contributed by atoms with E-state index in [4.69, 9.17) is 14.5 Å². The van der Waals surface area contributed by atoms with Crippen LogP contribution in [-0.4, -0.2) is 36.2 Å². The van der Waals surface area contributed by atoms with Gasteiger partial charge in [0.05, 0.1) is 13.2 Å². The van der Waals surface area contributed by atoms with Gasteiger partial charge in [0.15, 0.2) is 11.5 Å². The fraction of sp³-hybridized carbons (Fsp3) is 0.353. The molecule has 1 aliphatic rings. The highest BCUT2D eigenvalue weighted by Crippen LogP contribution is 2.25. The van der Waals surface area contributed by atoms with Crippen molar-refractivity contribution < 1.29 is 14.1 Å². The van der Waals surface area contributed by atoms with E-state index >= 15 is 0 Å². The molecule has 0 aliphatic carbocycles. The first-order chi connectivity index (χ1) is 11.2. The van der Waals surface area contributed by atoms with Crippen LogP contribution in [0.25, 0.3) is 11.3 Å². The summed E-state index contributed by atoms with van der Waals surface area (Å²) in [5, 5.41) is 12.8. The van der Waals surface area contributed by atoms with Crippen molar-refractivity contribution in [2.75, 3.05) is 20.2 Å². The van der Waals surface area contributed by atoms with Gasteiger partial charge in [0, 0.05) is 30.6 Å². The minimum absolute atomic E-state index is 0.0451. The topological polar surface area (TPSA) is 79.4 Å². The fourth-order valence-corrected chi connectivity index (χ4v) is 2.66. The van der Waals surface area contributed by atoms with Gasteiger partial charge in [-0.2, -0.15) is 5.26 Å². The molecule has 0 unspecified atom stereocenters. The number of rotatable bonds is 3. The third kappa shape index (κ3) is 3.19. The molecule has 6 heteroatoms. The normalized spacial score (nSPS) is 15.2. The Bertz CT molecular complexity index is 740. The van der Waals surface area contributed by atoms with Crippen LogP contribution in [0.4, 0.5) is 0 Å². The number of benzene rings is 1. The lowest BCUT2D eigenvalue weighted by atomic mass is 9.98. The van der Waals surface area contributed by atoms with Gasteiger partial charge in [-0.3, -0.25) is 4.79 Å². The number of hydrogen-bond acceptors (Lipinski definition) is 5. The first-order valence-corrected chi connectivity index (χ1v) is 7.51. The summed E-state index contributed by atoms with van der Waals surface area (Å²) in [4.78, 5) is 14.2. The van der Waals surface area contributed by atoms with E-state index in [1.807, 2.05) is 24.3 Å². The second kappa shape index (κ2) is 6.53. The minimum atomic E-state index is -0.153. The molecule has 3 rings (SSSR count). The minimum Gasteiger partial charge on any atom is -0.497 e. The van der Waals surface area contributed by atoms with E-state index in [0.717, 1.165) is 5.56 Å². The average molecular weight is 311 g/mol. The highest BCUT2D eigenvalue weighted by atomic mass is 16.5. The Hall–Kier alpha value is -2.81. The van der Waals surface area contributed by atoms with Crippen LogP contribution in [0.5, 0.6) is 5.75 Å². The lowest BCUT2D eigenvalue weighted by Crippen LogP contribution is -2.38. The van der Waals surface area contributed by atoms with Gasteiger partial charge in [0.1, 0.15) is 5.75 Å². The van der Waals surface area contributed by atoms with E-state index in [-0.39, 0.29) is 11.8 Å². The van der Waals surface area contributed by atoms with Crippen molar-refractivity contribution in [1.82, 2.24) is 10.1 Å². The van der Waals surface area contributed by atoms with Gasteiger partial charge in [-0.15, -0.1) is 0 Å². The molecule has 1 saturated heterocycles. The lowest BCUT2D eigenvalue weighted by molar-refractivity contribution is 0.0697. The number of nitriles is 1. The Morgan fingerprint density at radius 3 is 2.87 bits per heavy atom. The predicted molar refractivity (Wildman–Crippen MR) is 82.7 cm³/mol. The van der Waals surface area contributed by atoms with Crippen LogP contribution in [-0.2, 0) is 0 Å². The molecular weight excluding hydrogens is 294 g/mol. The quantitative estimate of drug-likeness (QED) is 0.870. The Morgan fingerprint density at radius 2 is 2.17 bits per heavy atom. The molecule has 0 spiro atoms. The van der Waals surface area contributed by atoms with E-state index < -0.39 is 0 Å². The molecule has 0 radical (unpaired) electrons. The van der Waals surface area contributed by atoms with E-state index in [1.165, 1.54) is 0 Å². The van der Waals surface area contributed by atoms with Crippen molar-refractivity contribution in [2.45, 2.75) is 12.8 Å². The van der Waals surface area contributed by atoms with Crippen molar-refractivity contribution in [3.63, 3.8) is 0 Å². The fourth-order valence-electron chi connectivity index (χ4n) is 2.66. The van der Waals surface area contributed by atoms with Gasteiger partial charge in [0.25, 0.3) is 5.91 Å². The number of likely N-dealkylation sites (tertiary alicyclic amines) is 1. The van der Waals surface area contributed by atoms with Crippen LogP contribution < -0.4 is 4.74 Å². The zero-order chi connectivity index (χ0) is 16.2. The molecule has 23 heavy (non-hydrogen) atoms. The van der Waals surface area contributed by atoms with E-state index in [2.05, 4.69) is 11.2 Å². The van der Waals surface area contributed by atoms with Gasteiger partial charge >= 0.3 is 0 Å². The Kier molecular flexibility index (Phi) is 4.29. The van der Waals surface area contributed by atoms with Crippen molar-refractivity contribution in [2.24, 2.45) is 5.92 Å². The first kappa shape index (κ1) is 15.1. The number of methoxy groups -OCH3 is 1. The number of carbonyl (C=O) groups is 1. The number of hydrogen-bond donors (Lipinski definition) is 0. The summed E-state index contributed by atoms with van der Waals surface area (Å²) in [7, 11) is 1.60. The number of piperidine rings is 1. The molecule has 0 bridgehead atoms. The molecule has 2 aromatic rings. The molecular formula is C17H17N3O3. The number of aromatic nitrogens is 1. The van der Waals surface area contributed by atoms with Crippen LogP contribution >= 0.6 is 0 Å². The SMILES string of the molecule is COc1cccc(-c2cc(C(=O)N3CCC(C#N)CC3)no2)c1. The molecule has 0 N–H and O–H groups in total. The zero-order valence-electron chi connectivity index (χ0n) is 12.9. The molecule has 1 aliphatic heterocycles. The van der Waals surface area contributed by atoms with Crippen molar-refractivity contribution in [1.29, 1.82) is 5.26 Å². The largest absolute Gasteiger partial charge is 0.497 e. The predicted octanol–water partition coefficient (Wildman–Crippen LogP) is 2.73. The Balaban J connectivity index is 1.74. The van der Waals surface area contributed by atoms with Crippen molar-refractivity contribution in [3.05, 3.63) is 36.0 Å². The van der Waals surface area contributed by atoms with Crippen LogP contribution in [0.3, 0.4) is 0 Å². The molecule has 1 aromatic carbocycles. The molecule has 1 aromatic heterocycles. The smallest absolute Gasteiger partial charge is 0.276 e. The number of carbonyl (C=O) groups excluding carboxylic acids is 1. The Morgan fingerprint density at radius 1 is 1.39 bits per heavy atom. The number of ether oxygens (including phenoxy) is 1. The van der Waals surface area contributed by atoms with Crippen LogP contribution in [0.15, 0.2) is 34.9 Å². The molecule has 1 fully saturated rings. The lowest BCUT2D eigenvalue weighted by Gasteiger charge is -2.28. The highest BCUT2D eigenvalue weighted by Gasteiger charge is 2.25. The Labute approximate surface area is 134 Å². The van der Waals surface area contributed by atoms with E-state index in [9.17, 15) is 4.79 Å². The molecule has 0 atom stereocenters.